The molecule has 4 rings (SSSR count). The molecule has 0 saturated carbocycles. The van der Waals surface area contributed by atoms with Crippen molar-refractivity contribution in [3.05, 3.63) is 35.7 Å². The molecule has 26 heavy (non-hydrogen) atoms. The Labute approximate surface area is 151 Å². The average molecular weight is 358 g/mol. The molecule has 0 unspecified atom stereocenters. The molecule has 1 N–H and O–H groups in total. The first-order valence-electron chi connectivity index (χ1n) is 8.92. The third-order valence-electron chi connectivity index (χ3n) is 4.88. The Kier molecular flexibility index (Phi) is 4.75. The first kappa shape index (κ1) is 16.8. The second kappa shape index (κ2) is 7.33. The number of aliphatic hydroxyl groups is 1. The van der Waals surface area contributed by atoms with Crippen molar-refractivity contribution in [2.45, 2.75) is 26.0 Å². The fourth-order valence-electron chi connectivity index (χ4n) is 3.44. The summed E-state index contributed by atoms with van der Waals surface area (Å²) < 4.78 is 12.8. The van der Waals surface area contributed by atoms with Crippen LogP contribution in [-0.4, -0.2) is 57.2 Å². The lowest BCUT2D eigenvalue weighted by Gasteiger charge is -2.32. The molecule has 2 aliphatic heterocycles. The van der Waals surface area contributed by atoms with Crippen molar-refractivity contribution in [1.29, 1.82) is 0 Å². The van der Waals surface area contributed by atoms with Gasteiger partial charge in [0.25, 0.3) is 5.91 Å². The first-order valence-corrected chi connectivity index (χ1v) is 8.92. The van der Waals surface area contributed by atoms with Crippen LogP contribution in [0.25, 0.3) is 0 Å². The zero-order valence-electron chi connectivity index (χ0n) is 14.5. The fourth-order valence-corrected chi connectivity index (χ4v) is 3.44. The van der Waals surface area contributed by atoms with E-state index < -0.39 is 0 Å². The number of fused-ring (bicyclic) bond motifs is 1. The molecular weight excluding hydrogens is 336 g/mol. The molecule has 2 aliphatic rings. The van der Waals surface area contributed by atoms with Gasteiger partial charge in [0.2, 0.25) is 0 Å². The number of rotatable bonds is 4. The van der Waals surface area contributed by atoms with Crippen LogP contribution in [0.4, 0.5) is 0 Å². The number of ether oxygens (including phenoxy) is 2. The van der Waals surface area contributed by atoms with Crippen LogP contribution < -0.4 is 9.47 Å². The summed E-state index contributed by atoms with van der Waals surface area (Å²) in [6.45, 7) is 3.16. The quantitative estimate of drug-likeness (QED) is 0.880. The highest BCUT2D eigenvalue weighted by Crippen LogP contribution is 2.31. The number of aliphatic hydroxyl groups excluding tert-OH is 1. The van der Waals surface area contributed by atoms with Gasteiger partial charge in [-0.25, -0.2) is 0 Å². The number of hydrogen-bond donors (Lipinski definition) is 1. The number of benzene rings is 1. The molecule has 1 aromatic heterocycles. The SMILES string of the molecule is O=C(c1ccc2c(c1)OCCO2)N1CCC(Cn2cc(CO)nn2)CC1. The Hall–Kier alpha value is -2.61. The second-order valence-corrected chi connectivity index (χ2v) is 6.68. The molecule has 0 bridgehead atoms. The van der Waals surface area contributed by atoms with Crippen molar-refractivity contribution in [1.82, 2.24) is 19.9 Å². The largest absolute Gasteiger partial charge is 0.486 e. The number of hydrogen-bond acceptors (Lipinski definition) is 6. The Morgan fingerprint density at radius 2 is 1.96 bits per heavy atom. The highest BCUT2D eigenvalue weighted by Gasteiger charge is 2.25. The van der Waals surface area contributed by atoms with Gasteiger partial charge >= 0.3 is 0 Å². The lowest BCUT2D eigenvalue weighted by atomic mass is 9.96. The molecule has 138 valence electrons. The zero-order valence-corrected chi connectivity index (χ0v) is 14.5. The van der Waals surface area contributed by atoms with Gasteiger partial charge in [0.1, 0.15) is 18.9 Å². The second-order valence-electron chi connectivity index (χ2n) is 6.68. The Bertz CT molecular complexity index is 783. The fraction of sp³-hybridized carbons (Fsp3) is 0.500. The summed E-state index contributed by atoms with van der Waals surface area (Å²) in [6.07, 6.45) is 3.61. The lowest BCUT2D eigenvalue weighted by Crippen LogP contribution is -2.39. The summed E-state index contributed by atoms with van der Waals surface area (Å²) in [5.41, 5.74) is 1.22. The average Bonchev–Trinajstić information content (AvgIpc) is 3.15. The van der Waals surface area contributed by atoms with E-state index in [1.54, 1.807) is 29.1 Å². The van der Waals surface area contributed by atoms with E-state index in [0.29, 0.717) is 41.9 Å². The molecule has 1 fully saturated rings. The summed E-state index contributed by atoms with van der Waals surface area (Å²) in [5.74, 6) is 1.82. The van der Waals surface area contributed by atoms with E-state index in [-0.39, 0.29) is 12.5 Å². The third-order valence-corrected chi connectivity index (χ3v) is 4.88. The van der Waals surface area contributed by atoms with Crippen LogP contribution in [0.15, 0.2) is 24.4 Å². The molecule has 0 radical (unpaired) electrons. The smallest absolute Gasteiger partial charge is 0.253 e. The monoisotopic (exact) mass is 358 g/mol. The molecule has 8 nitrogen and oxygen atoms in total. The number of nitrogens with zero attached hydrogens (tertiary/aromatic N) is 4. The van der Waals surface area contributed by atoms with Crippen molar-refractivity contribution >= 4 is 5.91 Å². The molecular formula is C18H22N4O4. The minimum atomic E-state index is -0.0948. The number of likely N-dealkylation sites (tertiary alicyclic amines) is 1. The molecule has 0 spiro atoms. The molecule has 2 aromatic rings. The van der Waals surface area contributed by atoms with E-state index in [0.717, 1.165) is 32.5 Å². The summed E-state index contributed by atoms with van der Waals surface area (Å²) in [4.78, 5) is 14.7. The molecule has 1 aromatic carbocycles. The molecule has 8 heteroatoms. The Morgan fingerprint density at radius 3 is 2.69 bits per heavy atom. The number of carbonyl (C=O) groups is 1. The van der Waals surface area contributed by atoms with Crippen LogP contribution in [-0.2, 0) is 13.2 Å². The van der Waals surface area contributed by atoms with E-state index in [4.69, 9.17) is 14.6 Å². The van der Waals surface area contributed by atoms with Gasteiger partial charge in [-0.1, -0.05) is 5.21 Å². The van der Waals surface area contributed by atoms with E-state index in [1.165, 1.54) is 0 Å². The maximum absolute atomic E-state index is 12.8. The van der Waals surface area contributed by atoms with E-state index in [1.807, 2.05) is 4.90 Å². The number of amides is 1. The number of carbonyl (C=O) groups excluding carboxylic acids is 1. The van der Waals surface area contributed by atoms with Gasteiger partial charge in [-0.3, -0.25) is 9.48 Å². The van der Waals surface area contributed by atoms with Gasteiger partial charge < -0.3 is 19.5 Å². The van der Waals surface area contributed by atoms with Gasteiger partial charge in [-0.2, -0.15) is 0 Å². The van der Waals surface area contributed by atoms with Crippen molar-refractivity contribution in [3.8, 4) is 11.5 Å². The minimum Gasteiger partial charge on any atom is -0.486 e. The maximum atomic E-state index is 12.8. The van der Waals surface area contributed by atoms with Crippen LogP contribution in [0.2, 0.25) is 0 Å². The highest BCUT2D eigenvalue weighted by molar-refractivity contribution is 5.95. The third kappa shape index (κ3) is 3.50. The van der Waals surface area contributed by atoms with Crippen LogP contribution in [0.1, 0.15) is 28.9 Å². The van der Waals surface area contributed by atoms with Gasteiger partial charge in [-0.05, 0) is 37.0 Å². The van der Waals surface area contributed by atoms with Crippen LogP contribution >= 0.6 is 0 Å². The Morgan fingerprint density at radius 1 is 1.19 bits per heavy atom. The topological polar surface area (TPSA) is 89.7 Å². The molecule has 1 saturated heterocycles. The predicted molar refractivity (Wildman–Crippen MR) is 92.0 cm³/mol. The van der Waals surface area contributed by atoms with Crippen molar-refractivity contribution in [2.75, 3.05) is 26.3 Å². The van der Waals surface area contributed by atoms with E-state index >= 15 is 0 Å². The predicted octanol–water partition coefficient (Wildman–Crippen LogP) is 1.09. The van der Waals surface area contributed by atoms with E-state index in [9.17, 15) is 4.79 Å². The van der Waals surface area contributed by atoms with Gasteiger partial charge in [0, 0.05) is 25.2 Å². The summed E-state index contributed by atoms with van der Waals surface area (Å²) in [5, 5.41) is 17.0. The maximum Gasteiger partial charge on any atom is 0.253 e. The normalized spacial score (nSPS) is 17.3. The van der Waals surface area contributed by atoms with Crippen LogP contribution in [0, 0.1) is 5.92 Å². The number of piperidine rings is 1. The molecule has 1 amide bonds. The van der Waals surface area contributed by atoms with Gasteiger partial charge in [0.15, 0.2) is 11.5 Å². The summed E-state index contributed by atoms with van der Waals surface area (Å²) in [6, 6.07) is 5.38. The molecule has 0 atom stereocenters. The van der Waals surface area contributed by atoms with Gasteiger partial charge in [-0.15, -0.1) is 5.10 Å². The van der Waals surface area contributed by atoms with Crippen LogP contribution in [0.3, 0.4) is 0 Å². The minimum absolute atomic E-state index is 0.0312. The number of aromatic nitrogens is 3. The highest BCUT2D eigenvalue weighted by atomic mass is 16.6. The summed E-state index contributed by atoms with van der Waals surface area (Å²) >= 11 is 0. The van der Waals surface area contributed by atoms with E-state index in [2.05, 4.69) is 10.3 Å². The van der Waals surface area contributed by atoms with Crippen molar-refractivity contribution in [3.63, 3.8) is 0 Å². The zero-order chi connectivity index (χ0) is 17.9. The Balaban J connectivity index is 1.34. The molecule has 0 aliphatic carbocycles. The van der Waals surface area contributed by atoms with Crippen molar-refractivity contribution < 1.29 is 19.4 Å². The lowest BCUT2D eigenvalue weighted by molar-refractivity contribution is 0.0680. The van der Waals surface area contributed by atoms with Crippen LogP contribution in [0.5, 0.6) is 11.5 Å². The van der Waals surface area contributed by atoms with Crippen molar-refractivity contribution in [2.24, 2.45) is 5.92 Å². The first-order chi connectivity index (χ1) is 12.7. The standard InChI is InChI=1S/C18H22N4O4/c23-12-15-11-22(20-19-15)10-13-3-5-21(6-4-13)18(24)14-1-2-16-17(9-14)26-8-7-25-16/h1-2,9,11,13,23H,3-8,10,12H2. The van der Waals surface area contributed by atoms with Gasteiger partial charge in [0.05, 0.1) is 12.8 Å². The molecule has 3 heterocycles. The summed E-state index contributed by atoms with van der Waals surface area (Å²) in [7, 11) is 0.